The molecule has 1 aromatic carbocycles. The number of carboxylic acid groups (broad SMARTS) is 1. The van der Waals surface area contributed by atoms with E-state index in [4.69, 9.17) is 4.74 Å². The molecule has 0 heterocycles. The Kier molecular flexibility index (Phi) is 2.81. The molecule has 0 unspecified atom stereocenters. The molecule has 1 aliphatic rings. The molecule has 0 spiro atoms. The van der Waals surface area contributed by atoms with E-state index in [-0.39, 0.29) is 5.75 Å². The number of hydrogen-bond acceptors (Lipinski definition) is 3. The van der Waals surface area contributed by atoms with Gasteiger partial charge in [-0.3, -0.25) is 4.79 Å². The Morgan fingerprint density at radius 2 is 2.12 bits per heavy atom. The molecule has 0 amide bonds. The van der Waals surface area contributed by atoms with E-state index in [1.807, 2.05) is 6.92 Å². The maximum Gasteiger partial charge on any atom is 0.314 e. The first-order chi connectivity index (χ1) is 7.94. The van der Waals surface area contributed by atoms with Crippen molar-refractivity contribution in [2.45, 2.75) is 25.2 Å². The third-order valence-electron chi connectivity index (χ3n) is 3.26. The van der Waals surface area contributed by atoms with Gasteiger partial charge >= 0.3 is 5.97 Å². The van der Waals surface area contributed by atoms with E-state index >= 15 is 0 Å². The predicted molar refractivity (Wildman–Crippen MR) is 65.6 cm³/mol. The zero-order valence-electron chi connectivity index (χ0n) is 9.58. The molecular weight excluding hydrogens is 288 g/mol. The van der Waals surface area contributed by atoms with Gasteiger partial charge in [-0.15, -0.1) is 0 Å². The molecule has 5 heteroatoms. The van der Waals surface area contributed by atoms with Crippen LogP contribution in [0.25, 0.3) is 0 Å². The van der Waals surface area contributed by atoms with Crippen LogP contribution in [0.1, 0.15) is 24.0 Å². The molecule has 4 nitrogen and oxygen atoms in total. The number of aryl methyl sites for hydroxylation is 1. The van der Waals surface area contributed by atoms with Crippen LogP contribution in [0, 0.1) is 6.92 Å². The fraction of sp³-hybridized carbons (Fsp3) is 0.417. The molecule has 0 atom stereocenters. The van der Waals surface area contributed by atoms with E-state index < -0.39 is 11.4 Å². The lowest BCUT2D eigenvalue weighted by Gasteiger charge is -2.18. The Labute approximate surface area is 107 Å². The van der Waals surface area contributed by atoms with Gasteiger partial charge in [-0.05, 0) is 52.9 Å². The van der Waals surface area contributed by atoms with E-state index in [1.54, 1.807) is 6.07 Å². The summed E-state index contributed by atoms with van der Waals surface area (Å²) >= 11 is 3.27. The number of phenols is 1. The third-order valence-corrected chi connectivity index (χ3v) is 4.03. The smallest absolute Gasteiger partial charge is 0.314 e. The van der Waals surface area contributed by atoms with Crippen LogP contribution in [0.4, 0.5) is 0 Å². The number of hydrogen-bond donors (Lipinski definition) is 2. The van der Waals surface area contributed by atoms with Crippen LogP contribution in [0.3, 0.4) is 0 Å². The van der Waals surface area contributed by atoms with Crippen LogP contribution in [-0.4, -0.2) is 23.3 Å². The number of aromatic hydroxyl groups is 1. The molecule has 17 heavy (non-hydrogen) atoms. The number of phenolic OH excluding ortho intramolecular Hbond substituents is 1. The summed E-state index contributed by atoms with van der Waals surface area (Å²) in [6, 6.07) is 1.67. The topological polar surface area (TPSA) is 66.8 Å². The van der Waals surface area contributed by atoms with Gasteiger partial charge in [0.1, 0.15) is 0 Å². The van der Waals surface area contributed by atoms with E-state index in [1.165, 1.54) is 7.11 Å². The minimum Gasteiger partial charge on any atom is -0.503 e. The van der Waals surface area contributed by atoms with Crippen molar-refractivity contribution in [2.24, 2.45) is 0 Å². The summed E-state index contributed by atoms with van der Waals surface area (Å²) in [5.74, 6) is -0.536. The van der Waals surface area contributed by atoms with E-state index in [0.717, 1.165) is 5.56 Å². The van der Waals surface area contributed by atoms with Crippen molar-refractivity contribution in [3.63, 3.8) is 0 Å². The van der Waals surface area contributed by atoms with E-state index in [9.17, 15) is 15.0 Å². The second-order valence-electron chi connectivity index (χ2n) is 4.32. The van der Waals surface area contributed by atoms with Crippen LogP contribution in [0.15, 0.2) is 10.5 Å². The summed E-state index contributed by atoms with van der Waals surface area (Å²) in [4.78, 5) is 11.3. The van der Waals surface area contributed by atoms with Gasteiger partial charge in [0, 0.05) is 0 Å². The SMILES string of the molecule is COc1cc(C)c(C2(C(=O)O)CC2)c(Br)c1O. The number of ether oxygens (including phenoxy) is 1. The average molecular weight is 301 g/mol. The minimum atomic E-state index is -0.842. The fourth-order valence-electron chi connectivity index (χ4n) is 2.18. The Morgan fingerprint density at radius 3 is 2.53 bits per heavy atom. The summed E-state index contributed by atoms with van der Waals surface area (Å²) in [5.41, 5.74) is 0.627. The number of benzene rings is 1. The number of rotatable bonds is 3. The molecule has 2 N–H and O–H groups in total. The van der Waals surface area contributed by atoms with Gasteiger partial charge in [-0.2, -0.15) is 0 Å². The van der Waals surface area contributed by atoms with Gasteiger partial charge in [-0.1, -0.05) is 0 Å². The summed E-state index contributed by atoms with van der Waals surface area (Å²) in [6.07, 6.45) is 1.21. The molecule has 1 aromatic rings. The minimum absolute atomic E-state index is 0.0411. The quantitative estimate of drug-likeness (QED) is 0.900. The molecule has 1 saturated carbocycles. The second-order valence-corrected chi connectivity index (χ2v) is 5.11. The first kappa shape index (κ1) is 12.2. The number of methoxy groups -OCH3 is 1. The standard InChI is InChI=1S/C12H13BrO4/c1-6-5-7(17-2)10(14)9(13)8(6)12(3-4-12)11(15)16/h5,14H,3-4H2,1-2H3,(H,15,16). The molecule has 0 saturated heterocycles. The molecule has 1 aliphatic carbocycles. The summed E-state index contributed by atoms with van der Waals surface area (Å²) in [7, 11) is 1.46. The lowest BCUT2D eigenvalue weighted by molar-refractivity contribution is -0.140. The average Bonchev–Trinajstić information content (AvgIpc) is 3.05. The van der Waals surface area contributed by atoms with Gasteiger partial charge in [0.25, 0.3) is 0 Å². The van der Waals surface area contributed by atoms with Gasteiger partial charge in [0.05, 0.1) is 17.0 Å². The maximum absolute atomic E-state index is 11.3. The predicted octanol–water partition coefficient (Wildman–Crippen LogP) is 2.59. The van der Waals surface area contributed by atoms with E-state index in [2.05, 4.69) is 15.9 Å². The van der Waals surface area contributed by atoms with Crippen molar-refractivity contribution in [2.75, 3.05) is 7.11 Å². The molecule has 0 bridgehead atoms. The summed E-state index contributed by atoms with van der Waals surface area (Å²) in [6.45, 7) is 1.82. The van der Waals surface area contributed by atoms with Crippen molar-refractivity contribution in [3.8, 4) is 11.5 Å². The first-order valence-corrected chi connectivity index (χ1v) is 6.03. The highest BCUT2D eigenvalue weighted by Crippen LogP contribution is 2.55. The summed E-state index contributed by atoms with van der Waals surface area (Å²) < 4.78 is 5.45. The van der Waals surface area contributed by atoms with Gasteiger partial charge in [0.15, 0.2) is 11.5 Å². The Hall–Kier alpha value is -1.23. The van der Waals surface area contributed by atoms with Crippen molar-refractivity contribution >= 4 is 21.9 Å². The second kappa shape index (κ2) is 3.91. The van der Waals surface area contributed by atoms with Crippen molar-refractivity contribution in [3.05, 3.63) is 21.7 Å². The molecule has 0 aliphatic heterocycles. The summed E-state index contributed by atoms with van der Waals surface area (Å²) in [5, 5.41) is 19.2. The number of carboxylic acids is 1. The number of halogens is 1. The molecule has 0 radical (unpaired) electrons. The molecular formula is C12H13BrO4. The molecule has 2 rings (SSSR count). The highest BCUT2D eigenvalue weighted by atomic mass is 79.9. The Morgan fingerprint density at radius 1 is 1.53 bits per heavy atom. The van der Waals surface area contributed by atoms with Crippen molar-refractivity contribution in [1.82, 2.24) is 0 Å². The van der Waals surface area contributed by atoms with Crippen LogP contribution in [0.5, 0.6) is 11.5 Å². The normalized spacial score (nSPS) is 16.6. The maximum atomic E-state index is 11.3. The van der Waals surface area contributed by atoms with Gasteiger partial charge in [-0.25, -0.2) is 0 Å². The van der Waals surface area contributed by atoms with Crippen molar-refractivity contribution in [1.29, 1.82) is 0 Å². The highest BCUT2D eigenvalue weighted by Gasteiger charge is 2.54. The Bertz CT molecular complexity index is 492. The van der Waals surface area contributed by atoms with Crippen LogP contribution >= 0.6 is 15.9 Å². The van der Waals surface area contributed by atoms with E-state index in [0.29, 0.717) is 28.6 Å². The Balaban J connectivity index is 2.64. The van der Waals surface area contributed by atoms with Gasteiger partial charge in [0.2, 0.25) is 0 Å². The molecule has 0 aromatic heterocycles. The largest absolute Gasteiger partial charge is 0.503 e. The zero-order valence-corrected chi connectivity index (χ0v) is 11.2. The number of aliphatic carboxylic acids is 1. The molecule has 92 valence electrons. The fourth-order valence-corrected chi connectivity index (χ4v) is 3.06. The lowest BCUT2D eigenvalue weighted by atomic mass is 9.91. The highest BCUT2D eigenvalue weighted by molar-refractivity contribution is 9.10. The first-order valence-electron chi connectivity index (χ1n) is 5.24. The van der Waals surface area contributed by atoms with Crippen LogP contribution in [-0.2, 0) is 10.2 Å². The van der Waals surface area contributed by atoms with Crippen LogP contribution < -0.4 is 4.74 Å². The number of carbonyl (C=O) groups is 1. The van der Waals surface area contributed by atoms with Crippen LogP contribution in [0.2, 0.25) is 0 Å². The monoisotopic (exact) mass is 300 g/mol. The van der Waals surface area contributed by atoms with Crippen molar-refractivity contribution < 1.29 is 19.7 Å². The zero-order chi connectivity index (χ0) is 12.8. The lowest BCUT2D eigenvalue weighted by Crippen LogP contribution is -2.21. The van der Waals surface area contributed by atoms with Gasteiger partial charge < -0.3 is 14.9 Å². The third kappa shape index (κ3) is 1.69. The molecule has 1 fully saturated rings.